The highest BCUT2D eigenvalue weighted by Crippen LogP contribution is 0.920. The van der Waals surface area contributed by atoms with Crippen LogP contribution in [-0.2, 0) is 12.8 Å². The third-order valence-corrected chi connectivity index (χ3v) is 0. The van der Waals surface area contributed by atoms with Crippen LogP contribution in [0.1, 0.15) is 0 Å². The first-order valence-corrected chi connectivity index (χ1v) is 1.61. The van der Waals surface area contributed by atoms with Gasteiger partial charge >= 0.3 is 0 Å². The number of rotatable bonds is 0. The van der Waals surface area contributed by atoms with Gasteiger partial charge in [0.15, 0.2) is 0 Å². The lowest BCUT2D eigenvalue weighted by Gasteiger charge is -2.05. The molecule has 0 unspecified atom stereocenters. The molecule has 0 spiro atoms. The van der Waals surface area contributed by atoms with E-state index >= 15 is 0 Å². The SMILES string of the molecule is C[NH+](C)[S-]. The number of nitrogens with one attached hydrogen (secondary N) is 1. The molecule has 4 heavy (non-hydrogen) atoms. The highest BCUT2D eigenvalue weighted by molar-refractivity contribution is 7.51. The molecule has 0 amide bonds. The summed E-state index contributed by atoms with van der Waals surface area (Å²) in [6.07, 6.45) is 0. The van der Waals surface area contributed by atoms with Crippen molar-refractivity contribution in [3.05, 3.63) is 0 Å². The second kappa shape index (κ2) is 1.61. The quantitative estimate of drug-likeness (QED) is 0.348. The summed E-state index contributed by atoms with van der Waals surface area (Å²) in [5, 5.41) is 0. The second-order valence-corrected chi connectivity index (χ2v) is 1.72. The Labute approximate surface area is 32.2 Å². The van der Waals surface area contributed by atoms with Crippen molar-refractivity contribution in [2.75, 3.05) is 14.1 Å². The van der Waals surface area contributed by atoms with E-state index < -0.39 is 0 Å². The van der Waals surface area contributed by atoms with Crippen molar-refractivity contribution < 1.29 is 4.31 Å². The maximum atomic E-state index is 4.54. The van der Waals surface area contributed by atoms with Gasteiger partial charge in [0.05, 0.1) is 0 Å². The zero-order valence-corrected chi connectivity index (χ0v) is 3.72. The minimum absolute atomic E-state index is 1.00. The molecule has 0 heterocycles. The summed E-state index contributed by atoms with van der Waals surface area (Å²) in [7, 11) is 3.80. The van der Waals surface area contributed by atoms with E-state index in [1.54, 1.807) is 0 Å². The second-order valence-electron chi connectivity index (χ2n) is 0.908. The van der Waals surface area contributed by atoms with Crippen molar-refractivity contribution in [1.82, 2.24) is 0 Å². The van der Waals surface area contributed by atoms with Gasteiger partial charge in [-0.05, 0) is 0 Å². The number of hydrogen-bond donors (Lipinski definition) is 1. The minimum atomic E-state index is 1.00. The molecule has 0 aromatic heterocycles. The maximum absolute atomic E-state index is 4.54. The Bertz CT molecular complexity index is 10.8. The van der Waals surface area contributed by atoms with E-state index in [1.807, 2.05) is 14.1 Å². The van der Waals surface area contributed by atoms with Crippen LogP contribution in [0.2, 0.25) is 0 Å². The van der Waals surface area contributed by atoms with Crippen molar-refractivity contribution in [2.45, 2.75) is 0 Å². The van der Waals surface area contributed by atoms with Gasteiger partial charge in [0.2, 0.25) is 0 Å². The molecule has 0 aliphatic heterocycles. The molecule has 2 heteroatoms. The zero-order chi connectivity index (χ0) is 3.58. The summed E-state index contributed by atoms with van der Waals surface area (Å²) < 4.78 is 1.00. The molecule has 1 nitrogen and oxygen atoms in total. The topological polar surface area (TPSA) is 4.44 Å². The smallest absolute Gasteiger partial charge is 0.0499 e. The molecule has 1 N–H and O–H groups in total. The molecule has 0 aliphatic carbocycles. The van der Waals surface area contributed by atoms with Gasteiger partial charge in [0, 0.05) is 14.1 Å². The van der Waals surface area contributed by atoms with Gasteiger partial charge in [0.25, 0.3) is 0 Å². The molecule has 0 aromatic carbocycles. The van der Waals surface area contributed by atoms with E-state index in [-0.39, 0.29) is 0 Å². The first-order chi connectivity index (χ1) is 1.73. The summed E-state index contributed by atoms with van der Waals surface area (Å²) in [5.74, 6) is 0. The fourth-order valence-corrected chi connectivity index (χ4v) is 0. The van der Waals surface area contributed by atoms with Crippen molar-refractivity contribution in [2.24, 2.45) is 0 Å². The lowest BCUT2D eigenvalue weighted by Crippen LogP contribution is -3.00. The monoisotopic (exact) mass is 77.0 g/mol. The molecule has 0 fully saturated rings. The van der Waals surface area contributed by atoms with Crippen LogP contribution in [0.15, 0.2) is 0 Å². The molecule has 0 aromatic rings. The van der Waals surface area contributed by atoms with Crippen LogP contribution in [0.5, 0.6) is 0 Å². The normalized spacial score (nSPS) is 9.00. The Kier molecular flexibility index (Phi) is 1.74. The van der Waals surface area contributed by atoms with E-state index in [2.05, 4.69) is 12.8 Å². The third kappa shape index (κ3) is 41.3. The van der Waals surface area contributed by atoms with Crippen molar-refractivity contribution in [3.63, 3.8) is 0 Å². The Balaban J connectivity index is 2.32. The first kappa shape index (κ1) is 4.31. The van der Waals surface area contributed by atoms with E-state index in [0.717, 1.165) is 4.31 Å². The molecule has 0 saturated carbocycles. The standard InChI is InChI=1S/C2H7NS/c1-3(2)4/h3H,1-2H3. The van der Waals surface area contributed by atoms with Crippen molar-refractivity contribution in [3.8, 4) is 0 Å². The van der Waals surface area contributed by atoms with Gasteiger partial charge in [-0.1, -0.05) is 0 Å². The van der Waals surface area contributed by atoms with Crippen molar-refractivity contribution >= 4 is 12.8 Å². The fraction of sp³-hybridized carbons (Fsp3) is 1.00. The van der Waals surface area contributed by atoms with Gasteiger partial charge in [-0.2, -0.15) is 0 Å². The highest BCUT2D eigenvalue weighted by Gasteiger charge is 1.47. The number of quaternary nitrogens is 1. The molecule has 0 rings (SSSR count). The van der Waals surface area contributed by atoms with E-state index in [1.165, 1.54) is 0 Å². The van der Waals surface area contributed by atoms with Gasteiger partial charge in [0.1, 0.15) is 0 Å². The largest absolute Gasteiger partial charge is 0.497 e. The van der Waals surface area contributed by atoms with E-state index in [4.69, 9.17) is 0 Å². The predicted molar refractivity (Wildman–Crippen MR) is 20.2 cm³/mol. The van der Waals surface area contributed by atoms with Gasteiger partial charge in [-0.3, -0.25) is 0 Å². The van der Waals surface area contributed by atoms with Crippen molar-refractivity contribution in [1.29, 1.82) is 0 Å². The molecule has 0 bridgehead atoms. The lowest BCUT2D eigenvalue weighted by molar-refractivity contribution is -0.702. The molecule has 0 atom stereocenters. The molecule has 26 valence electrons. The van der Waals surface area contributed by atoms with Crippen LogP contribution >= 0.6 is 0 Å². The minimum Gasteiger partial charge on any atom is -0.497 e. The van der Waals surface area contributed by atoms with Crippen LogP contribution in [-0.4, -0.2) is 14.1 Å². The maximum Gasteiger partial charge on any atom is 0.0499 e. The summed E-state index contributed by atoms with van der Waals surface area (Å²) in [6, 6.07) is 0. The van der Waals surface area contributed by atoms with Crippen LogP contribution in [0, 0.1) is 0 Å². The molecule has 0 saturated heterocycles. The summed E-state index contributed by atoms with van der Waals surface area (Å²) in [4.78, 5) is 0. The lowest BCUT2D eigenvalue weighted by atomic mass is 11.3. The summed E-state index contributed by atoms with van der Waals surface area (Å²) in [5.41, 5.74) is 0. The Hall–Kier alpha value is 0.310. The zero-order valence-electron chi connectivity index (χ0n) is 2.91. The van der Waals surface area contributed by atoms with Gasteiger partial charge in [-0.15, -0.1) is 0 Å². The summed E-state index contributed by atoms with van der Waals surface area (Å²) >= 11 is 4.54. The van der Waals surface area contributed by atoms with Crippen LogP contribution in [0.4, 0.5) is 0 Å². The third-order valence-electron chi connectivity index (χ3n) is 0. The van der Waals surface area contributed by atoms with E-state index in [0.29, 0.717) is 0 Å². The Morgan fingerprint density at radius 3 is 1.50 bits per heavy atom. The van der Waals surface area contributed by atoms with Gasteiger partial charge < -0.3 is 17.1 Å². The average Bonchev–Trinajstić information content (AvgIpc) is 0.811. The predicted octanol–water partition coefficient (Wildman–Crippen LogP) is -1.41. The van der Waals surface area contributed by atoms with Crippen LogP contribution in [0.3, 0.4) is 0 Å². The van der Waals surface area contributed by atoms with E-state index in [9.17, 15) is 0 Å². The highest BCUT2D eigenvalue weighted by atomic mass is 32.1. The van der Waals surface area contributed by atoms with Crippen LogP contribution in [0.25, 0.3) is 0 Å². The summed E-state index contributed by atoms with van der Waals surface area (Å²) in [6.45, 7) is 0. The molecular weight excluding hydrogens is 70.1 g/mol. The first-order valence-electron chi connectivity index (χ1n) is 1.20. The molecule has 0 radical (unpaired) electrons. The number of hydrogen-bond acceptors (Lipinski definition) is 1. The molecular formula is C2H7NS. The fourth-order valence-electron chi connectivity index (χ4n) is 0. The van der Waals surface area contributed by atoms with Crippen LogP contribution < -0.4 is 4.31 Å². The van der Waals surface area contributed by atoms with Gasteiger partial charge in [-0.25, -0.2) is 0 Å². The Morgan fingerprint density at radius 2 is 1.50 bits per heavy atom. The Morgan fingerprint density at radius 1 is 1.50 bits per heavy atom. The molecule has 0 aliphatic rings. The average molecular weight is 77.2 g/mol.